The number of hydrogen-bond acceptors (Lipinski definition) is 2. The van der Waals surface area contributed by atoms with Crippen molar-refractivity contribution < 1.29 is 9.59 Å². The Labute approximate surface area is 139 Å². The Kier molecular flexibility index (Phi) is 4.89. The van der Waals surface area contributed by atoms with Gasteiger partial charge >= 0.3 is 0 Å². The summed E-state index contributed by atoms with van der Waals surface area (Å²) in [5.41, 5.74) is 3.29. The Balaban J connectivity index is 2.46. The quantitative estimate of drug-likeness (QED) is 0.819. The summed E-state index contributed by atoms with van der Waals surface area (Å²) in [5.74, 6) is -0.303. The van der Waals surface area contributed by atoms with Crippen molar-refractivity contribution in [3.05, 3.63) is 62.6 Å². The van der Waals surface area contributed by atoms with Gasteiger partial charge in [0, 0.05) is 33.8 Å². The predicted molar refractivity (Wildman–Crippen MR) is 90.1 cm³/mol. The minimum atomic E-state index is -0.153. The van der Waals surface area contributed by atoms with Crippen molar-refractivity contribution in [3.63, 3.8) is 0 Å². The zero-order valence-electron chi connectivity index (χ0n) is 12.5. The SMILES string of the molecule is CC(=O)Nc1cc(C)c(C(=O)c2cc(Cl)cc(Cl)c2)cc1C. The maximum Gasteiger partial charge on any atom is 0.221 e. The van der Waals surface area contributed by atoms with Crippen molar-refractivity contribution in [1.29, 1.82) is 0 Å². The van der Waals surface area contributed by atoms with Gasteiger partial charge in [0.05, 0.1) is 0 Å². The summed E-state index contributed by atoms with van der Waals surface area (Å²) in [4.78, 5) is 23.8. The van der Waals surface area contributed by atoms with E-state index in [1.807, 2.05) is 13.8 Å². The summed E-state index contributed by atoms with van der Waals surface area (Å²) in [6.07, 6.45) is 0. The van der Waals surface area contributed by atoms with Crippen LogP contribution in [0.4, 0.5) is 5.69 Å². The van der Waals surface area contributed by atoms with E-state index in [9.17, 15) is 9.59 Å². The normalized spacial score (nSPS) is 10.4. The first-order valence-electron chi connectivity index (χ1n) is 6.67. The van der Waals surface area contributed by atoms with E-state index in [1.54, 1.807) is 30.3 Å². The Bertz CT molecular complexity index is 749. The summed E-state index contributed by atoms with van der Waals surface area (Å²) in [6, 6.07) is 8.31. The van der Waals surface area contributed by atoms with Gasteiger partial charge in [0.15, 0.2) is 5.78 Å². The fraction of sp³-hybridized carbons (Fsp3) is 0.176. The van der Waals surface area contributed by atoms with Crippen LogP contribution in [-0.2, 0) is 4.79 Å². The van der Waals surface area contributed by atoms with Crippen LogP contribution in [0.25, 0.3) is 0 Å². The lowest BCUT2D eigenvalue weighted by Gasteiger charge is -2.12. The van der Waals surface area contributed by atoms with E-state index in [0.717, 1.165) is 11.1 Å². The molecule has 2 rings (SSSR count). The van der Waals surface area contributed by atoms with Gasteiger partial charge < -0.3 is 5.32 Å². The van der Waals surface area contributed by atoms with Crippen molar-refractivity contribution >= 4 is 40.6 Å². The third-order valence-electron chi connectivity index (χ3n) is 3.25. The van der Waals surface area contributed by atoms with Crippen molar-refractivity contribution in [3.8, 4) is 0 Å². The molecular weight excluding hydrogens is 321 g/mol. The second-order valence-electron chi connectivity index (χ2n) is 5.15. The van der Waals surface area contributed by atoms with E-state index in [0.29, 0.717) is 26.9 Å². The summed E-state index contributed by atoms with van der Waals surface area (Å²) in [6.45, 7) is 5.11. The number of carbonyl (C=O) groups excluding carboxylic acids is 2. The molecule has 3 nitrogen and oxygen atoms in total. The molecule has 0 atom stereocenters. The Morgan fingerprint density at radius 1 is 0.909 bits per heavy atom. The largest absolute Gasteiger partial charge is 0.326 e. The van der Waals surface area contributed by atoms with E-state index < -0.39 is 0 Å². The van der Waals surface area contributed by atoms with Gasteiger partial charge in [-0.25, -0.2) is 0 Å². The first kappa shape index (κ1) is 16.5. The zero-order chi connectivity index (χ0) is 16.4. The molecule has 0 spiro atoms. The van der Waals surface area contributed by atoms with Gasteiger partial charge in [-0.05, 0) is 55.3 Å². The van der Waals surface area contributed by atoms with Crippen molar-refractivity contribution in [1.82, 2.24) is 0 Å². The van der Waals surface area contributed by atoms with Gasteiger partial charge in [0.2, 0.25) is 5.91 Å². The number of anilines is 1. The highest BCUT2D eigenvalue weighted by Crippen LogP contribution is 2.25. The lowest BCUT2D eigenvalue weighted by molar-refractivity contribution is -0.114. The third-order valence-corrected chi connectivity index (χ3v) is 3.69. The van der Waals surface area contributed by atoms with Gasteiger partial charge in [-0.15, -0.1) is 0 Å². The number of ketones is 1. The molecule has 2 aromatic carbocycles. The number of carbonyl (C=O) groups is 2. The van der Waals surface area contributed by atoms with Crippen LogP contribution in [0.1, 0.15) is 34.0 Å². The van der Waals surface area contributed by atoms with Crippen LogP contribution in [-0.4, -0.2) is 11.7 Å². The Morgan fingerprint density at radius 2 is 1.50 bits per heavy atom. The molecule has 114 valence electrons. The lowest BCUT2D eigenvalue weighted by Crippen LogP contribution is -2.10. The second-order valence-corrected chi connectivity index (χ2v) is 6.02. The molecule has 0 saturated carbocycles. The molecule has 0 fully saturated rings. The zero-order valence-corrected chi connectivity index (χ0v) is 14.0. The van der Waals surface area contributed by atoms with E-state index in [1.165, 1.54) is 6.92 Å². The number of aryl methyl sites for hydroxylation is 2. The highest BCUT2D eigenvalue weighted by Gasteiger charge is 2.15. The van der Waals surface area contributed by atoms with Crippen LogP contribution >= 0.6 is 23.2 Å². The summed E-state index contributed by atoms with van der Waals surface area (Å²) in [7, 11) is 0. The number of hydrogen-bond donors (Lipinski definition) is 1. The number of amides is 1. The van der Waals surface area contributed by atoms with Gasteiger partial charge in [-0.3, -0.25) is 9.59 Å². The standard InChI is InChI=1S/C17H15Cl2NO2/c1-9-5-16(20-11(3)21)10(2)4-15(9)17(22)12-6-13(18)8-14(19)7-12/h4-8H,1-3H3,(H,20,21). The van der Waals surface area contributed by atoms with E-state index in [4.69, 9.17) is 23.2 Å². The minimum Gasteiger partial charge on any atom is -0.326 e. The molecule has 0 bridgehead atoms. The molecule has 0 aliphatic heterocycles. The summed E-state index contributed by atoms with van der Waals surface area (Å²) in [5, 5.41) is 3.58. The molecule has 0 aliphatic carbocycles. The van der Waals surface area contributed by atoms with Gasteiger partial charge in [-0.1, -0.05) is 23.2 Å². The Morgan fingerprint density at radius 3 is 2.05 bits per heavy atom. The van der Waals surface area contributed by atoms with Crippen LogP contribution in [0.2, 0.25) is 10.0 Å². The lowest BCUT2D eigenvalue weighted by atomic mass is 9.96. The fourth-order valence-electron chi connectivity index (χ4n) is 2.23. The average Bonchev–Trinajstić information content (AvgIpc) is 2.40. The monoisotopic (exact) mass is 335 g/mol. The number of halogens is 2. The molecule has 0 saturated heterocycles. The molecule has 0 aromatic heterocycles. The van der Waals surface area contributed by atoms with E-state index in [2.05, 4.69) is 5.32 Å². The van der Waals surface area contributed by atoms with E-state index in [-0.39, 0.29) is 11.7 Å². The smallest absolute Gasteiger partial charge is 0.221 e. The summed E-state index contributed by atoms with van der Waals surface area (Å²) >= 11 is 11.9. The van der Waals surface area contributed by atoms with Crippen molar-refractivity contribution in [2.24, 2.45) is 0 Å². The molecule has 2 aromatic rings. The van der Waals surface area contributed by atoms with Crippen LogP contribution in [0.5, 0.6) is 0 Å². The molecule has 0 aliphatic rings. The molecule has 1 N–H and O–H groups in total. The maximum atomic E-state index is 12.7. The molecule has 1 amide bonds. The van der Waals surface area contributed by atoms with Crippen molar-refractivity contribution in [2.45, 2.75) is 20.8 Å². The average molecular weight is 336 g/mol. The minimum absolute atomic E-state index is 0.150. The van der Waals surface area contributed by atoms with Crippen LogP contribution in [0.15, 0.2) is 30.3 Å². The third kappa shape index (κ3) is 3.67. The molecule has 22 heavy (non-hydrogen) atoms. The highest BCUT2D eigenvalue weighted by atomic mass is 35.5. The van der Waals surface area contributed by atoms with Crippen LogP contribution in [0, 0.1) is 13.8 Å². The maximum absolute atomic E-state index is 12.7. The molecular formula is C17H15Cl2NO2. The van der Waals surface area contributed by atoms with Gasteiger partial charge in [0.1, 0.15) is 0 Å². The van der Waals surface area contributed by atoms with Crippen molar-refractivity contribution in [2.75, 3.05) is 5.32 Å². The number of nitrogens with one attached hydrogen (secondary N) is 1. The van der Waals surface area contributed by atoms with Gasteiger partial charge in [0.25, 0.3) is 0 Å². The molecule has 0 radical (unpaired) electrons. The molecule has 0 unspecified atom stereocenters. The first-order chi connectivity index (χ1) is 10.3. The van der Waals surface area contributed by atoms with E-state index >= 15 is 0 Å². The predicted octanol–water partition coefficient (Wildman–Crippen LogP) is 4.80. The molecule has 0 heterocycles. The van der Waals surface area contributed by atoms with Crippen LogP contribution in [0.3, 0.4) is 0 Å². The Hall–Kier alpha value is -1.84. The van der Waals surface area contributed by atoms with Crippen LogP contribution < -0.4 is 5.32 Å². The highest BCUT2D eigenvalue weighted by molar-refractivity contribution is 6.35. The number of rotatable bonds is 3. The topological polar surface area (TPSA) is 46.2 Å². The molecule has 5 heteroatoms. The first-order valence-corrected chi connectivity index (χ1v) is 7.43. The summed E-state index contributed by atoms with van der Waals surface area (Å²) < 4.78 is 0. The second kappa shape index (κ2) is 6.51. The fourth-order valence-corrected chi connectivity index (χ4v) is 2.75. The number of benzene rings is 2. The van der Waals surface area contributed by atoms with Gasteiger partial charge in [-0.2, -0.15) is 0 Å².